The minimum Gasteiger partial charge on any atom is -0.469 e. The molecule has 0 unspecified atom stereocenters. The average Bonchev–Trinajstić information content (AvgIpc) is 2.75. The fourth-order valence-corrected chi connectivity index (χ4v) is 2.71. The highest BCUT2D eigenvalue weighted by atomic mass is 16.5. The van der Waals surface area contributed by atoms with Crippen LogP contribution in [0.2, 0.25) is 0 Å². The van der Waals surface area contributed by atoms with E-state index in [-0.39, 0.29) is 37.9 Å². The highest BCUT2D eigenvalue weighted by Crippen LogP contribution is 2.16. The molecule has 2 atom stereocenters. The van der Waals surface area contributed by atoms with Crippen molar-refractivity contribution in [1.82, 2.24) is 10.6 Å². The van der Waals surface area contributed by atoms with Gasteiger partial charge in [-0.1, -0.05) is 6.07 Å². The Morgan fingerprint density at radius 1 is 0.871 bits per heavy atom. The normalized spacial score (nSPS) is 12.4. The van der Waals surface area contributed by atoms with Gasteiger partial charge in [0.2, 0.25) is 17.7 Å². The van der Waals surface area contributed by atoms with Gasteiger partial charge in [0.1, 0.15) is 12.1 Å². The second-order valence-electron chi connectivity index (χ2n) is 7.15. The molecule has 0 bridgehead atoms. The zero-order valence-corrected chi connectivity index (χ0v) is 18.1. The lowest BCUT2D eigenvalue weighted by atomic mass is 10.1. The summed E-state index contributed by atoms with van der Waals surface area (Å²) in [5.74, 6) is -1.68. The largest absolute Gasteiger partial charge is 0.469 e. The van der Waals surface area contributed by atoms with Crippen molar-refractivity contribution in [2.24, 2.45) is 0 Å². The Hall–Kier alpha value is -2.98. The smallest absolute Gasteiger partial charge is 0.305 e. The first-order valence-electron chi connectivity index (χ1n) is 10.0. The molecule has 0 heterocycles. The minimum absolute atomic E-state index is 0.166. The molecule has 5 N–H and O–H groups in total. The summed E-state index contributed by atoms with van der Waals surface area (Å²) in [6, 6.07) is 3.01. The molecule has 1 aromatic carbocycles. The number of nitrogens with one attached hydrogen (secondary N) is 3. The Kier molecular flexibility index (Phi) is 11.2. The van der Waals surface area contributed by atoms with Crippen molar-refractivity contribution in [3.05, 3.63) is 29.3 Å². The van der Waals surface area contributed by atoms with E-state index in [1.165, 1.54) is 21.0 Å². The monoisotopic (exact) mass is 437 g/mol. The number of esters is 1. The van der Waals surface area contributed by atoms with E-state index in [1.54, 1.807) is 18.2 Å². The zero-order valence-electron chi connectivity index (χ0n) is 18.1. The van der Waals surface area contributed by atoms with Gasteiger partial charge in [-0.3, -0.25) is 19.2 Å². The lowest BCUT2D eigenvalue weighted by Crippen LogP contribution is -2.50. The van der Waals surface area contributed by atoms with Crippen LogP contribution in [0.3, 0.4) is 0 Å². The fourth-order valence-electron chi connectivity index (χ4n) is 2.71. The van der Waals surface area contributed by atoms with Crippen molar-refractivity contribution >= 4 is 29.4 Å². The van der Waals surface area contributed by atoms with Crippen LogP contribution in [-0.2, 0) is 37.1 Å². The van der Waals surface area contributed by atoms with Crippen molar-refractivity contribution < 1.29 is 34.1 Å². The molecule has 10 heteroatoms. The highest BCUT2D eigenvalue weighted by molar-refractivity contribution is 5.98. The first kappa shape index (κ1) is 26.1. The molecule has 0 aliphatic rings. The van der Waals surface area contributed by atoms with Crippen molar-refractivity contribution in [3.8, 4) is 0 Å². The number of carbonyl (C=O) groups is 4. The molecule has 0 aliphatic heterocycles. The van der Waals surface area contributed by atoms with Crippen LogP contribution in [0.25, 0.3) is 0 Å². The number of unbranched alkanes of at least 4 members (excludes halogenated alkanes) is 1. The van der Waals surface area contributed by atoms with Gasteiger partial charge in [-0.15, -0.1) is 0 Å². The lowest BCUT2D eigenvalue weighted by molar-refractivity contribution is -0.140. The number of aliphatic hydroxyl groups is 2. The summed E-state index contributed by atoms with van der Waals surface area (Å²) in [6.07, 6.45) is 1.39. The predicted molar refractivity (Wildman–Crippen MR) is 113 cm³/mol. The molecular weight excluding hydrogens is 406 g/mol. The number of hydrogen-bond donors (Lipinski definition) is 5. The predicted octanol–water partition coefficient (Wildman–Crippen LogP) is 0.353. The molecule has 1 aromatic rings. The molecule has 0 aliphatic carbocycles. The number of anilines is 1. The van der Waals surface area contributed by atoms with E-state index in [0.29, 0.717) is 29.7 Å². The van der Waals surface area contributed by atoms with E-state index in [2.05, 4.69) is 20.7 Å². The molecular formula is C21H31N3O7. The van der Waals surface area contributed by atoms with Crippen molar-refractivity contribution in [2.75, 3.05) is 12.4 Å². The van der Waals surface area contributed by atoms with Crippen LogP contribution in [0.5, 0.6) is 0 Å². The van der Waals surface area contributed by atoms with Crippen LogP contribution in [-0.4, -0.2) is 53.1 Å². The minimum atomic E-state index is -0.887. The maximum absolute atomic E-state index is 12.4. The number of amides is 3. The van der Waals surface area contributed by atoms with E-state index in [4.69, 9.17) is 0 Å². The number of ether oxygens (including phenoxy) is 1. The summed E-state index contributed by atoms with van der Waals surface area (Å²) in [6.45, 7) is 2.51. The molecule has 10 nitrogen and oxygen atoms in total. The Morgan fingerprint density at radius 2 is 1.42 bits per heavy atom. The molecule has 31 heavy (non-hydrogen) atoms. The Balaban J connectivity index is 2.48. The Morgan fingerprint density at radius 3 is 1.97 bits per heavy atom. The quantitative estimate of drug-likeness (QED) is 0.233. The van der Waals surface area contributed by atoms with E-state index in [1.807, 2.05) is 0 Å². The second kappa shape index (κ2) is 13.3. The third-order valence-corrected chi connectivity index (χ3v) is 4.47. The van der Waals surface area contributed by atoms with Crippen LogP contribution in [0.15, 0.2) is 18.2 Å². The summed E-state index contributed by atoms with van der Waals surface area (Å²) in [7, 11) is 1.30. The van der Waals surface area contributed by atoms with Gasteiger partial charge in [-0.2, -0.15) is 0 Å². The number of aliphatic hydroxyl groups excluding tert-OH is 2. The summed E-state index contributed by atoms with van der Waals surface area (Å²) in [4.78, 5) is 47.6. The SMILES string of the molecule is COC(=O)CCCCC(=O)N[C@@H](C)C(=O)N[C@@H](C)C(=O)Nc1cc(CO)cc(CO)c1. The van der Waals surface area contributed by atoms with Gasteiger partial charge in [0.25, 0.3) is 0 Å². The van der Waals surface area contributed by atoms with Gasteiger partial charge in [0, 0.05) is 18.5 Å². The summed E-state index contributed by atoms with van der Waals surface area (Å²) in [5.41, 5.74) is 1.44. The second-order valence-corrected chi connectivity index (χ2v) is 7.15. The third-order valence-electron chi connectivity index (χ3n) is 4.47. The molecule has 0 aromatic heterocycles. The van der Waals surface area contributed by atoms with Crippen molar-refractivity contribution in [2.45, 2.75) is 64.8 Å². The molecule has 0 radical (unpaired) electrons. The van der Waals surface area contributed by atoms with Gasteiger partial charge in [-0.05, 0) is 49.9 Å². The average molecular weight is 437 g/mol. The molecule has 1 rings (SSSR count). The van der Waals surface area contributed by atoms with Crippen LogP contribution >= 0.6 is 0 Å². The summed E-state index contributed by atoms with van der Waals surface area (Å²) in [5, 5.41) is 26.3. The zero-order chi connectivity index (χ0) is 23.4. The van der Waals surface area contributed by atoms with E-state index >= 15 is 0 Å². The van der Waals surface area contributed by atoms with Crippen LogP contribution in [0, 0.1) is 0 Å². The first-order valence-corrected chi connectivity index (χ1v) is 10.0. The Bertz CT molecular complexity index is 760. The number of carbonyl (C=O) groups excluding carboxylic acids is 4. The summed E-state index contributed by atoms with van der Waals surface area (Å²) >= 11 is 0. The Labute approximate surface area is 181 Å². The molecule has 0 saturated heterocycles. The number of hydrogen-bond acceptors (Lipinski definition) is 7. The van der Waals surface area contributed by atoms with Crippen LogP contribution in [0.1, 0.15) is 50.7 Å². The number of benzene rings is 1. The third kappa shape index (κ3) is 9.58. The topological polar surface area (TPSA) is 154 Å². The van der Waals surface area contributed by atoms with Gasteiger partial charge >= 0.3 is 5.97 Å². The van der Waals surface area contributed by atoms with Crippen molar-refractivity contribution in [3.63, 3.8) is 0 Å². The molecule has 0 spiro atoms. The highest BCUT2D eigenvalue weighted by Gasteiger charge is 2.21. The van der Waals surface area contributed by atoms with Crippen LogP contribution in [0.4, 0.5) is 5.69 Å². The first-order chi connectivity index (χ1) is 14.7. The number of methoxy groups -OCH3 is 1. The fraction of sp³-hybridized carbons (Fsp3) is 0.524. The van der Waals surface area contributed by atoms with Gasteiger partial charge in [-0.25, -0.2) is 0 Å². The van der Waals surface area contributed by atoms with Crippen LogP contribution < -0.4 is 16.0 Å². The maximum atomic E-state index is 12.4. The molecule has 0 fully saturated rings. The molecule has 3 amide bonds. The van der Waals surface area contributed by atoms with Gasteiger partial charge in [0.05, 0.1) is 20.3 Å². The number of rotatable bonds is 12. The summed E-state index contributed by atoms with van der Waals surface area (Å²) < 4.78 is 4.52. The van der Waals surface area contributed by atoms with E-state index < -0.39 is 23.9 Å². The lowest BCUT2D eigenvalue weighted by Gasteiger charge is -2.19. The van der Waals surface area contributed by atoms with Gasteiger partial charge < -0.3 is 30.9 Å². The van der Waals surface area contributed by atoms with E-state index in [9.17, 15) is 29.4 Å². The van der Waals surface area contributed by atoms with Gasteiger partial charge in [0.15, 0.2) is 0 Å². The molecule has 0 saturated carbocycles. The molecule has 172 valence electrons. The van der Waals surface area contributed by atoms with E-state index in [0.717, 1.165) is 0 Å². The maximum Gasteiger partial charge on any atom is 0.305 e. The van der Waals surface area contributed by atoms with Crippen molar-refractivity contribution in [1.29, 1.82) is 0 Å². The standard InChI is InChI=1S/C21H31N3O7/c1-13(22-18(27)6-4-5-7-19(28)31-3)20(29)23-14(2)21(30)24-17-9-15(11-25)8-16(10-17)12-26/h8-10,13-14,25-26H,4-7,11-12H2,1-3H3,(H,22,27)(H,23,29)(H,24,30)/t13-,14-/m0/s1.